The first-order valence-electron chi connectivity index (χ1n) is 4.39. The van der Waals surface area contributed by atoms with Crippen LogP contribution in [0.5, 0.6) is 5.75 Å². The van der Waals surface area contributed by atoms with E-state index in [1.165, 1.54) is 0 Å². The molecule has 1 aromatic carbocycles. The summed E-state index contributed by atoms with van der Waals surface area (Å²) < 4.78 is 0. The zero-order valence-corrected chi connectivity index (χ0v) is 8.04. The number of nitrogens with two attached hydrogens (primary N) is 1. The molecule has 72 valence electrons. The van der Waals surface area contributed by atoms with Gasteiger partial charge in [-0.15, -0.1) is 0 Å². The molecule has 0 heterocycles. The zero-order valence-electron chi connectivity index (χ0n) is 8.04. The summed E-state index contributed by atoms with van der Waals surface area (Å²) in [5, 5.41) is 12.5. The Labute approximate surface area is 78.6 Å². The van der Waals surface area contributed by atoms with Crippen molar-refractivity contribution in [1.82, 2.24) is 0 Å². The van der Waals surface area contributed by atoms with Crippen LogP contribution in [0, 0.1) is 6.92 Å². The van der Waals surface area contributed by atoms with Crippen molar-refractivity contribution in [3.05, 3.63) is 23.8 Å². The fraction of sp³-hybridized carbons (Fsp3) is 0.400. The summed E-state index contributed by atoms with van der Waals surface area (Å²) in [5.41, 5.74) is 7.34. The summed E-state index contributed by atoms with van der Waals surface area (Å²) in [6.45, 7) is 4.48. The lowest BCUT2D eigenvalue weighted by Gasteiger charge is -2.13. The van der Waals surface area contributed by atoms with Crippen molar-refractivity contribution in [3.63, 3.8) is 0 Å². The Hall–Kier alpha value is -1.22. The number of hydrogen-bond donors (Lipinski definition) is 3. The average molecular weight is 180 g/mol. The highest BCUT2D eigenvalue weighted by atomic mass is 16.3. The minimum Gasteiger partial charge on any atom is -0.508 e. The fourth-order valence-corrected chi connectivity index (χ4v) is 1.09. The van der Waals surface area contributed by atoms with Crippen molar-refractivity contribution in [3.8, 4) is 5.75 Å². The molecule has 0 fully saturated rings. The van der Waals surface area contributed by atoms with Gasteiger partial charge in [-0.2, -0.15) is 0 Å². The molecule has 0 bridgehead atoms. The summed E-state index contributed by atoms with van der Waals surface area (Å²) in [4.78, 5) is 0. The smallest absolute Gasteiger partial charge is 0.118 e. The van der Waals surface area contributed by atoms with E-state index >= 15 is 0 Å². The van der Waals surface area contributed by atoms with E-state index in [1.807, 2.05) is 26.0 Å². The molecule has 0 aliphatic carbocycles. The molecule has 3 heteroatoms. The number of hydrogen-bond acceptors (Lipinski definition) is 3. The van der Waals surface area contributed by atoms with E-state index in [4.69, 9.17) is 5.73 Å². The van der Waals surface area contributed by atoms with E-state index < -0.39 is 0 Å². The van der Waals surface area contributed by atoms with Gasteiger partial charge in [0, 0.05) is 18.3 Å². The second-order valence-corrected chi connectivity index (χ2v) is 3.28. The van der Waals surface area contributed by atoms with Crippen LogP contribution in [0.4, 0.5) is 5.69 Å². The number of aryl methyl sites for hydroxylation is 1. The van der Waals surface area contributed by atoms with Gasteiger partial charge >= 0.3 is 0 Å². The zero-order chi connectivity index (χ0) is 9.84. The molecule has 3 nitrogen and oxygen atoms in total. The molecule has 0 saturated heterocycles. The number of phenols is 1. The summed E-state index contributed by atoms with van der Waals surface area (Å²) in [7, 11) is 0. The number of anilines is 1. The second kappa shape index (κ2) is 4.14. The predicted molar refractivity (Wildman–Crippen MR) is 55.0 cm³/mol. The highest BCUT2D eigenvalue weighted by molar-refractivity contribution is 5.50. The lowest BCUT2D eigenvalue weighted by Crippen LogP contribution is -2.25. The van der Waals surface area contributed by atoms with Gasteiger partial charge in [0.05, 0.1) is 0 Å². The molecule has 1 rings (SSSR count). The van der Waals surface area contributed by atoms with Gasteiger partial charge < -0.3 is 16.2 Å². The number of aromatic hydroxyl groups is 1. The van der Waals surface area contributed by atoms with Crippen molar-refractivity contribution in [2.45, 2.75) is 19.9 Å². The van der Waals surface area contributed by atoms with Crippen LogP contribution in [0.2, 0.25) is 0 Å². The van der Waals surface area contributed by atoms with Crippen LogP contribution < -0.4 is 11.1 Å². The molecule has 1 aromatic rings. The molecule has 1 atom stereocenters. The molecule has 0 aromatic heterocycles. The van der Waals surface area contributed by atoms with Gasteiger partial charge in [-0.05, 0) is 37.6 Å². The highest BCUT2D eigenvalue weighted by Crippen LogP contribution is 2.20. The molecule has 0 radical (unpaired) electrons. The first-order chi connectivity index (χ1) is 6.13. The van der Waals surface area contributed by atoms with Crippen LogP contribution in [0.3, 0.4) is 0 Å². The van der Waals surface area contributed by atoms with Gasteiger partial charge in [0.1, 0.15) is 5.75 Å². The van der Waals surface area contributed by atoms with E-state index in [0.29, 0.717) is 12.3 Å². The topological polar surface area (TPSA) is 58.3 Å². The Bertz CT molecular complexity index is 286. The minimum absolute atomic E-state index is 0.254. The van der Waals surface area contributed by atoms with Gasteiger partial charge in [-0.3, -0.25) is 0 Å². The third-order valence-corrected chi connectivity index (χ3v) is 1.96. The number of benzene rings is 1. The van der Waals surface area contributed by atoms with Crippen molar-refractivity contribution in [2.24, 2.45) is 5.73 Å². The Morgan fingerprint density at radius 3 is 2.77 bits per heavy atom. The maximum absolute atomic E-state index is 9.28. The lowest BCUT2D eigenvalue weighted by atomic mass is 10.2. The van der Waals surface area contributed by atoms with E-state index in [1.54, 1.807) is 6.07 Å². The number of rotatable bonds is 3. The molecule has 0 aliphatic heterocycles. The molecule has 0 aliphatic rings. The Balaban J connectivity index is 2.73. The summed E-state index contributed by atoms with van der Waals surface area (Å²) >= 11 is 0. The highest BCUT2D eigenvalue weighted by Gasteiger charge is 2.00. The van der Waals surface area contributed by atoms with E-state index in [2.05, 4.69) is 5.32 Å². The van der Waals surface area contributed by atoms with Crippen molar-refractivity contribution >= 4 is 5.69 Å². The Morgan fingerprint density at radius 2 is 2.23 bits per heavy atom. The molecule has 13 heavy (non-hydrogen) atoms. The second-order valence-electron chi connectivity index (χ2n) is 3.28. The van der Waals surface area contributed by atoms with Gasteiger partial charge in [-0.25, -0.2) is 0 Å². The number of nitrogens with one attached hydrogen (secondary N) is 1. The van der Waals surface area contributed by atoms with Crippen molar-refractivity contribution < 1.29 is 5.11 Å². The number of phenolic OH excluding ortho intramolecular Hbond substituents is 1. The summed E-state index contributed by atoms with van der Waals surface area (Å²) in [5.74, 6) is 0.325. The Kier molecular flexibility index (Phi) is 3.14. The van der Waals surface area contributed by atoms with E-state index in [0.717, 1.165) is 11.3 Å². The predicted octanol–water partition coefficient (Wildman–Crippen LogP) is 1.46. The van der Waals surface area contributed by atoms with Crippen LogP contribution in [-0.4, -0.2) is 17.7 Å². The van der Waals surface area contributed by atoms with Crippen LogP contribution in [0.1, 0.15) is 12.5 Å². The van der Waals surface area contributed by atoms with Crippen LogP contribution >= 0.6 is 0 Å². The average Bonchev–Trinajstić information content (AvgIpc) is 2.11. The van der Waals surface area contributed by atoms with Gasteiger partial charge in [-0.1, -0.05) is 0 Å². The van der Waals surface area contributed by atoms with Crippen LogP contribution in [-0.2, 0) is 0 Å². The molecule has 0 saturated carbocycles. The molecule has 0 spiro atoms. The lowest BCUT2D eigenvalue weighted by molar-refractivity contribution is 0.471. The molecule has 1 unspecified atom stereocenters. The maximum Gasteiger partial charge on any atom is 0.118 e. The fourth-order valence-electron chi connectivity index (χ4n) is 1.09. The summed E-state index contributed by atoms with van der Waals surface area (Å²) in [6, 6.07) is 5.68. The van der Waals surface area contributed by atoms with E-state index in [-0.39, 0.29) is 6.04 Å². The van der Waals surface area contributed by atoms with Gasteiger partial charge in [0.25, 0.3) is 0 Å². The van der Waals surface area contributed by atoms with Crippen LogP contribution in [0.15, 0.2) is 18.2 Å². The molecule has 4 N–H and O–H groups in total. The normalized spacial score (nSPS) is 12.5. The first-order valence-corrected chi connectivity index (χ1v) is 4.39. The third-order valence-electron chi connectivity index (χ3n) is 1.96. The molecular weight excluding hydrogens is 164 g/mol. The monoisotopic (exact) mass is 180 g/mol. The first kappa shape index (κ1) is 9.86. The SMILES string of the molecule is Cc1cc(NC(C)CN)ccc1O. The van der Waals surface area contributed by atoms with E-state index in [9.17, 15) is 5.11 Å². The quantitative estimate of drug-likeness (QED) is 0.617. The minimum atomic E-state index is 0.254. The van der Waals surface area contributed by atoms with Crippen molar-refractivity contribution in [2.75, 3.05) is 11.9 Å². The van der Waals surface area contributed by atoms with Crippen LogP contribution in [0.25, 0.3) is 0 Å². The van der Waals surface area contributed by atoms with Gasteiger partial charge in [0.15, 0.2) is 0 Å². The van der Waals surface area contributed by atoms with Crippen molar-refractivity contribution in [1.29, 1.82) is 0 Å². The standard InChI is InChI=1S/C10H16N2O/c1-7-5-9(3-4-10(7)13)12-8(2)6-11/h3-5,8,12-13H,6,11H2,1-2H3. The third kappa shape index (κ3) is 2.63. The van der Waals surface area contributed by atoms with Gasteiger partial charge in [0.2, 0.25) is 0 Å². The maximum atomic E-state index is 9.28. The molecule has 0 amide bonds. The largest absolute Gasteiger partial charge is 0.508 e. The Morgan fingerprint density at radius 1 is 1.54 bits per heavy atom. The summed E-state index contributed by atoms with van der Waals surface area (Å²) in [6.07, 6.45) is 0. The molecular formula is C10H16N2O.